The fourth-order valence-corrected chi connectivity index (χ4v) is 3.93. The quantitative estimate of drug-likeness (QED) is 0.417. The molecular formula is C23H25N5OS. The minimum Gasteiger partial charge on any atom is -0.370 e. The summed E-state index contributed by atoms with van der Waals surface area (Å²) in [4.78, 5) is 24.2. The van der Waals surface area contributed by atoms with Crippen molar-refractivity contribution in [3.63, 3.8) is 0 Å². The number of para-hydroxylation sites is 1. The second-order valence-corrected chi connectivity index (χ2v) is 8.20. The summed E-state index contributed by atoms with van der Waals surface area (Å²) in [5, 5.41) is 13.4. The Morgan fingerprint density at radius 1 is 1.20 bits per heavy atom. The SMILES string of the molecule is CCNc1nc(SC(C)C(=O)N(CCC#N)c2ccc(C)cc2)nc2ccccc12. The molecule has 0 radical (unpaired) electrons. The lowest BCUT2D eigenvalue weighted by Gasteiger charge is -2.25. The van der Waals surface area contributed by atoms with Crippen LogP contribution in [0.4, 0.5) is 11.5 Å². The molecule has 0 aliphatic carbocycles. The number of carbonyl (C=O) groups is 1. The minimum absolute atomic E-state index is 0.0686. The molecule has 0 aliphatic rings. The Bertz CT molecular complexity index is 1060. The summed E-state index contributed by atoms with van der Waals surface area (Å²) >= 11 is 1.33. The molecular weight excluding hydrogens is 394 g/mol. The van der Waals surface area contributed by atoms with Gasteiger partial charge in [-0.05, 0) is 45.0 Å². The van der Waals surface area contributed by atoms with E-state index < -0.39 is 5.25 Å². The predicted octanol–water partition coefficient (Wildman–Crippen LogP) is 4.80. The molecule has 1 atom stereocenters. The molecule has 0 aliphatic heterocycles. The number of hydrogen-bond acceptors (Lipinski definition) is 6. The number of anilines is 2. The van der Waals surface area contributed by atoms with Crippen molar-refractivity contribution in [2.24, 2.45) is 0 Å². The first kappa shape index (κ1) is 21.6. The molecule has 0 saturated carbocycles. The lowest BCUT2D eigenvalue weighted by Crippen LogP contribution is -2.37. The van der Waals surface area contributed by atoms with Crippen LogP contribution in [0.5, 0.6) is 0 Å². The Hall–Kier alpha value is -3.11. The van der Waals surface area contributed by atoms with Gasteiger partial charge in [0.2, 0.25) is 5.91 Å². The van der Waals surface area contributed by atoms with E-state index in [1.54, 1.807) is 4.90 Å². The largest absolute Gasteiger partial charge is 0.370 e. The molecule has 1 N–H and O–H groups in total. The van der Waals surface area contributed by atoms with Crippen LogP contribution in [-0.2, 0) is 4.79 Å². The number of rotatable bonds is 8. The highest BCUT2D eigenvalue weighted by Crippen LogP contribution is 2.28. The zero-order valence-electron chi connectivity index (χ0n) is 17.4. The molecule has 1 unspecified atom stereocenters. The number of amides is 1. The molecule has 6 nitrogen and oxygen atoms in total. The summed E-state index contributed by atoms with van der Waals surface area (Å²) < 4.78 is 0. The standard InChI is InChI=1S/C23H25N5OS/c1-4-25-21-19-8-5-6-9-20(19)26-23(27-21)30-17(3)22(29)28(15-7-14-24)18-12-10-16(2)11-13-18/h5-6,8-13,17H,4,7,15H2,1-3H3,(H,25,26,27). The molecule has 154 valence electrons. The van der Waals surface area contributed by atoms with E-state index in [2.05, 4.69) is 21.4 Å². The molecule has 2 aromatic carbocycles. The first-order valence-corrected chi connectivity index (χ1v) is 10.8. The number of aryl methyl sites for hydroxylation is 1. The monoisotopic (exact) mass is 419 g/mol. The van der Waals surface area contributed by atoms with Gasteiger partial charge >= 0.3 is 0 Å². The van der Waals surface area contributed by atoms with Crippen LogP contribution in [0.3, 0.4) is 0 Å². The van der Waals surface area contributed by atoms with Crippen molar-refractivity contribution in [1.29, 1.82) is 5.26 Å². The van der Waals surface area contributed by atoms with Gasteiger partial charge in [-0.15, -0.1) is 0 Å². The van der Waals surface area contributed by atoms with Crippen molar-refractivity contribution in [3.8, 4) is 6.07 Å². The summed E-state index contributed by atoms with van der Waals surface area (Å²) in [5.74, 6) is 0.700. The second kappa shape index (κ2) is 10.1. The lowest BCUT2D eigenvalue weighted by atomic mass is 10.2. The van der Waals surface area contributed by atoms with E-state index >= 15 is 0 Å². The van der Waals surface area contributed by atoms with E-state index in [0.717, 1.165) is 34.5 Å². The van der Waals surface area contributed by atoms with Gasteiger partial charge < -0.3 is 10.2 Å². The van der Waals surface area contributed by atoms with E-state index in [1.165, 1.54) is 11.8 Å². The molecule has 0 spiro atoms. The second-order valence-electron chi connectivity index (χ2n) is 6.90. The van der Waals surface area contributed by atoms with Crippen LogP contribution in [-0.4, -0.2) is 34.2 Å². The number of nitrogens with zero attached hydrogens (tertiary/aromatic N) is 4. The van der Waals surface area contributed by atoms with Crippen LogP contribution in [0, 0.1) is 18.3 Å². The summed E-state index contributed by atoms with van der Waals surface area (Å²) in [6.07, 6.45) is 0.272. The van der Waals surface area contributed by atoms with Crippen molar-refractivity contribution in [3.05, 3.63) is 54.1 Å². The molecule has 3 rings (SSSR count). The Morgan fingerprint density at radius 2 is 1.93 bits per heavy atom. The summed E-state index contributed by atoms with van der Waals surface area (Å²) in [6.45, 7) is 6.97. The molecule has 0 bridgehead atoms. The maximum absolute atomic E-state index is 13.2. The van der Waals surface area contributed by atoms with Crippen LogP contribution in [0.25, 0.3) is 10.9 Å². The maximum atomic E-state index is 13.2. The number of fused-ring (bicyclic) bond motifs is 1. The number of nitrogens with one attached hydrogen (secondary N) is 1. The minimum atomic E-state index is -0.402. The number of carbonyl (C=O) groups excluding carboxylic acids is 1. The topological polar surface area (TPSA) is 81.9 Å². The third-order valence-corrected chi connectivity index (χ3v) is 5.56. The summed E-state index contributed by atoms with van der Waals surface area (Å²) in [5.41, 5.74) is 2.75. The smallest absolute Gasteiger partial charge is 0.240 e. The van der Waals surface area contributed by atoms with E-state index in [-0.39, 0.29) is 12.3 Å². The van der Waals surface area contributed by atoms with Crippen molar-refractivity contribution in [1.82, 2.24) is 9.97 Å². The molecule has 7 heteroatoms. The normalized spacial score (nSPS) is 11.7. The Morgan fingerprint density at radius 3 is 2.63 bits per heavy atom. The van der Waals surface area contributed by atoms with Crippen molar-refractivity contribution in [2.45, 2.75) is 37.6 Å². The summed E-state index contributed by atoms with van der Waals surface area (Å²) in [7, 11) is 0. The molecule has 1 heterocycles. The molecule has 0 saturated heterocycles. The zero-order valence-corrected chi connectivity index (χ0v) is 18.2. The van der Waals surface area contributed by atoms with E-state index in [9.17, 15) is 4.79 Å². The van der Waals surface area contributed by atoms with E-state index in [4.69, 9.17) is 5.26 Å². The average Bonchev–Trinajstić information content (AvgIpc) is 2.75. The van der Waals surface area contributed by atoms with Gasteiger partial charge in [0, 0.05) is 24.2 Å². The third-order valence-electron chi connectivity index (χ3n) is 4.62. The lowest BCUT2D eigenvalue weighted by molar-refractivity contribution is -0.117. The van der Waals surface area contributed by atoms with Crippen LogP contribution < -0.4 is 10.2 Å². The van der Waals surface area contributed by atoms with Crippen molar-refractivity contribution in [2.75, 3.05) is 23.3 Å². The highest BCUT2D eigenvalue weighted by atomic mass is 32.2. The molecule has 1 aromatic heterocycles. The van der Waals surface area contributed by atoms with Gasteiger partial charge in [-0.2, -0.15) is 5.26 Å². The van der Waals surface area contributed by atoms with Crippen molar-refractivity contribution >= 4 is 40.1 Å². The molecule has 3 aromatic rings. The molecule has 30 heavy (non-hydrogen) atoms. The summed E-state index contributed by atoms with van der Waals surface area (Å²) in [6, 6.07) is 17.7. The van der Waals surface area contributed by atoms with Gasteiger partial charge in [0.1, 0.15) is 5.82 Å². The highest BCUT2D eigenvalue weighted by Gasteiger charge is 2.24. The third kappa shape index (κ3) is 5.08. The van der Waals surface area contributed by atoms with Gasteiger partial charge in [-0.3, -0.25) is 4.79 Å². The number of nitriles is 1. The van der Waals surface area contributed by atoms with Gasteiger partial charge in [-0.1, -0.05) is 41.6 Å². The Labute approximate surface area is 181 Å². The van der Waals surface area contributed by atoms with Crippen LogP contribution >= 0.6 is 11.8 Å². The van der Waals surface area contributed by atoms with E-state index in [0.29, 0.717) is 11.7 Å². The average molecular weight is 420 g/mol. The zero-order chi connectivity index (χ0) is 21.5. The molecule has 0 fully saturated rings. The van der Waals surface area contributed by atoms with Crippen molar-refractivity contribution < 1.29 is 4.79 Å². The van der Waals surface area contributed by atoms with Gasteiger partial charge in [-0.25, -0.2) is 9.97 Å². The fourth-order valence-electron chi connectivity index (χ4n) is 3.09. The van der Waals surface area contributed by atoms with Crippen LogP contribution in [0.1, 0.15) is 25.8 Å². The number of thioether (sulfide) groups is 1. The predicted molar refractivity (Wildman–Crippen MR) is 123 cm³/mol. The number of aromatic nitrogens is 2. The van der Waals surface area contributed by atoms with Crippen LogP contribution in [0.2, 0.25) is 0 Å². The first-order chi connectivity index (χ1) is 14.5. The first-order valence-electron chi connectivity index (χ1n) is 9.95. The van der Waals surface area contributed by atoms with E-state index in [1.807, 2.05) is 69.3 Å². The van der Waals surface area contributed by atoms with Crippen LogP contribution in [0.15, 0.2) is 53.7 Å². The Balaban J connectivity index is 1.85. The maximum Gasteiger partial charge on any atom is 0.240 e. The number of hydrogen-bond donors (Lipinski definition) is 1. The van der Waals surface area contributed by atoms with Gasteiger partial charge in [0.15, 0.2) is 5.16 Å². The van der Waals surface area contributed by atoms with Gasteiger partial charge in [0.25, 0.3) is 0 Å². The Kier molecular flexibility index (Phi) is 7.26. The molecule has 1 amide bonds. The fraction of sp³-hybridized carbons (Fsp3) is 0.304. The van der Waals surface area contributed by atoms with Gasteiger partial charge in [0.05, 0.1) is 23.3 Å². The highest BCUT2D eigenvalue weighted by molar-refractivity contribution is 8.00. The number of benzene rings is 2.